The van der Waals surface area contributed by atoms with Crippen LogP contribution in [0.1, 0.15) is 28.7 Å². The summed E-state index contributed by atoms with van der Waals surface area (Å²) < 4.78 is 2.88. The van der Waals surface area contributed by atoms with E-state index < -0.39 is 0 Å². The smallest absolute Gasteiger partial charge is 0.177 e. The van der Waals surface area contributed by atoms with Crippen LogP contribution in [0.15, 0.2) is 40.2 Å². The molecule has 0 amide bonds. The fraction of sp³-hybridized carbons (Fsp3) is 0.235. The van der Waals surface area contributed by atoms with Crippen LogP contribution in [0.5, 0.6) is 0 Å². The monoisotopic (exact) mass is 377 g/mol. The van der Waals surface area contributed by atoms with E-state index in [4.69, 9.17) is 11.6 Å². The first-order valence-electron chi connectivity index (χ1n) is 7.39. The number of carbonyl (C=O) groups excluding carboxylic acids is 1. The van der Waals surface area contributed by atoms with Gasteiger partial charge in [-0.25, -0.2) is 0 Å². The number of benzene rings is 1. The van der Waals surface area contributed by atoms with E-state index in [9.17, 15) is 4.79 Å². The largest absolute Gasteiger partial charge is 0.318 e. The molecular weight excluding hydrogens is 362 g/mol. The number of carbonyl (C=O) groups is 1. The highest BCUT2D eigenvalue weighted by Gasteiger charge is 2.23. The summed E-state index contributed by atoms with van der Waals surface area (Å²) >= 11 is 8.86. The van der Waals surface area contributed by atoms with Crippen molar-refractivity contribution in [2.75, 3.05) is 0 Å². The van der Waals surface area contributed by atoms with Crippen LogP contribution in [-0.4, -0.2) is 25.8 Å². The fourth-order valence-electron chi connectivity index (χ4n) is 2.64. The molecule has 124 valence electrons. The average molecular weight is 378 g/mol. The summed E-state index contributed by atoms with van der Waals surface area (Å²) in [7, 11) is 0. The maximum Gasteiger partial charge on any atom is 0.177 e. The lowest BCUT2D eigenvalue weighted by molar-refractivity contribution is 0.0993. The summed E-state index contributed by atoms with van der Waals surface area (Å²) in [6.45, 7) is 5.88. The maximum atomic E-state index is 12.8. The quantitative estimate of drug-likeness (QED) is 0.465. The highest BCUT2D eigenvalue weighted by Crippen LogP contribution is 2.29. The number of hydrogen-bond acceptors (Lipinski definition) is 5. The van der Waals surface area contributed by atoms with E-state index in [1.807, 2.05) is 51.1 Å². The molecule has 2 heterocycles. The molecule has 2 aromatic heterocycles. The molecule has 0 spiro atoms. The molecule has 0 N–H and O–H groups in total. The fourth-order valence-corrected chi connectivity index (χ4v) is 4.46. The van der Waals surface area contributed by atoms with Crippen LogP contribution in [0.2, 0.25) is 5.02 Å². The normalized spacial score (nSPS) is 12.3. The number of thioether (sulfide) groups is 1. The van der Waals surface area contributed by atoms with Gasteiger partial charge in [-0.3, -0.25) is 4.79 Å². The predicted octanol–water partition coefficient (Wildman–Crippen LogP) is 4.96. The van der Waals surface area contributed by atoms with Gasteiger partial charge in [0.1, 0.15) is 5.51 Å². The van der Waals surface area contributed by atoms with Gasteiger partial charge in [0.15, 0.2) is 10.1 Å². The Labute approximate surface area is 153 Å². The Bertz CT molecular complexity index is 857. The van der Waals surface area contributed by atoms with Gasteiger partial charge in [-0.05, 0) is 51.1 Å². The van der Waals surface area contributed by atoms with Gasteiger partial charge in [-0.1, -0.05) is 34.7 Å². The van der Waals surface area contributed by atoms with Gasteiger partial charge < -0.3 is 4.57 Å². The number of hydrogen-bond donors (Lipinski definition) is 0. The number of nitrogens with zero attached hydrogens (tertiary/aromatic N) is 3. The van der Waals surface area contributed by atoms with Gasteiger partial charge in [0.2, 0.25) is 0 Å². The molecule has 0 fully saturated rings. The molecule has 3 aromatic rings. The lowest BCUT2D eigenvalue weighted by atomic mass is 10.1. The zero-order valence-electron chi connectivity index (χ0n) is 13.5. The Morgan fingerprint density at radius 3 is 2.62 bits per heavy atom. The number of halogens is 1. The third-order valence-electron chi connectivity index (χ3n) is 3.77. The van der Waals surface area contributed by atoms with E-state index in [1.54, 1.807) is 5.51 Å². The van der Waals surface area contributed by atoms with E-state index in [0.29, 0.717) is 5.02 Å². The van der Waals surface area contributed by atoms with Gasteiger partial charge in [0.25, 0.3) is 0 Å². The summed E-state index contributed by atoms with van der Waals surface area (Å²) in [4.78, 5) is 12.8. The molecule has 3 rings (SSSR count). The third-order valence-corrected chi connectivity index (χ3v) is 5.93. The number of ketones is 1. The van der Waals surface area contributed by atoms with Crippen molar-refractivity contribution in [1.29, 1.82) is 0 Å². The summed E-state index contributed by atoms with van der Waals surface area (Å²) in [5, 5.41) is 8.29. The van der Waals surface area contributed by atoms with Crippen molar-refractivity contribution >= 4 is 40.5 Å². The molecule has 24 heavy (non-hydrogen) atoms. The molecule has 0 aliphatic heterocycles. The predicted molar refractivity (Wildman–Crippen MR) is 99.8 cm³/mol. The van der Waals surface area contributed by atoms with Crippen molar-refractivity contribution in [3.63, 3.8) is 0 Å². The first kappa shape index (κ1) is 17.2. The van der Waals surface area contributed by atoms with Crippen LogP contribution in [-0.2, 0) is 0 Å². The average Bonchev–Trinajstić information content (AvgIpc) is 3.16. The van der Waals surface area contributed by atoms with E-state index in [1.165, 1.54) is 23.1 Å². The van der Waals surface area contributed by atoms with Crippen molar-refractivity contribution in [3.8, 4) is 5.69 Å². The molecule has 0 radical (unpaired) electrons. The zero-order chi connectivity index (χ0) is 17.3. The Balaban J connectivity index is 1.90. The lowest BCUT2D eigenvalue weighted by Gasteiger charge is -2.11. The molecule has 1 unspecified atom stereocenters. The maximum absolute atomic E-state index is 12.8. The summed E-state index contributed by atoms with van der Waals surface area (Å²) in [5.74, 6) is 0.100. The molecule has 0 bridgehead atoms. The Morgan fingerprint density at radius 2 is 2.00 bits per heavy atom. The van der Waals surface area contributed by atoms with Gasteiger partial charge >= 0.3 is 0 Å². The minimum absolute atomic E-state index is 0.100. The molecular formula is C17H16ClN3OS2. The molecule has 1 aromatic carbocycles. The van der Waals surface area contributed by atoms with Crippen molar-refractivity contribution in [1.82, 2.24) is 14.8 Å². The van der Waals surface area contributed by atoms with Crippen molar-refractivity contribution in [2.24, 2.45) is 0 Å². The molecule has 0 saturated heterocycles. The van der Waals surface area contributed by atoms with Crippen LogP contribution >= 0.6 is 34.7 Å². The van der Waals surface area contributed by atoms with Crippen molar-refractivity contribution in [3.05, 3.63) is 57.8 Å². The molecule has 4 nitrogen and oxygen atoms in total. The zero-order valence-corrected chi connectivity index (χ0v) is 15.9. The Kier molecular flexibility index (Phi) is 5.08. The highest BCUT2D eigenvalue weighted by molar-refractivity contribution is 8.02. The van der Waals surface area contributed by atoms with Crippen molar-refractivity contribution in [2.45, 2.75) is 30.4 Å². The number of aryl methyl sites for hydroxylation is 1. The SMILES string of the molecule is Cc1cc(C(=O)C(C)Sc2nncs2)c(C)n1-c1ccc(Cl)cc1. The number of rotatable bonds is 5. The second-order valence-electron chi connectivity index (χ2n) is 5.43. The molecule has 7 heteroatoms. The van der Waals surface area contributed by atoms with Gasteiger partial charge in [-0.2, -0.15) is 0 Å². The van der Waals surface area contributed by atoms with Crippen LogP contribution in [0.25, 0.3) is 5.69 Å². The molecule has 1 atom stereocenters. The first-order chi connectivity index (χ1) is 11.5. The topological polar surface area (TPSA) is 47.8 Å². The van der Waals surface area contributed by atoms with Crippen LogP contribution < -0.4 is 0 Å². The van der Waals surface area contributed by atoms with Crippen LogP contribution in [0, 0.1) is 13.8 Å². The molecule has 0 aliphatic carbocycles. The Morgan fingerprint density at radius 1 is 1.29 bits per heavy atom. The molecule has 0 saturated carbocycles. The van der Waals surface area contributed by atoms with E-state index in [-0.39, 0.29) is 11.0 Å². The summed E-state index contributed by atoms with van der Waals surface area (Å²) in [5.41, 5.74) is 5.37. The number of Topliss-reactive ketones (excluding diaryl/α,β-unsaturated/α-hetero) is 1. The minimum Gasteiger partial charge on any atom is -0.318 e. The van der Waals surface area contributed by atoms with Crippen LogP contribution in [0.3, 0.4) is 0 Å². The van der Waals surface area contributed by atoms with Gasteiger partial charge in [0, 0.05) is 27.7 Å². The highest BCUT2D eigenvalue weighted by atomic mass is 35.5. The van der Waals surface area contributed by atoms with Crippen LogP contribution in [0.4, 0.5) is 0 Å². The van der Waals surface area contributed by atoms with E-state index in [2.05, 4.69) is 14.8 Å². The van der Waals surface area contributed by atoms with Gasteiger partial charge in [-0.15, -0.1) is 10.2 Å². The van der Waals surface area contributed by atoms with E-state index >= 15 is 0 Å². The summed E-state index contributed by atoms with van der Waals surface area (Å²) in [6.07, 6.45) is 0. The van der Waals surface area contributed by atoms with Gasteiger partial charge in [0.05, 0.1) is 5.25 Å². The lowest BCUT2D eigenvalue weighted by Crippen LogP contribution is -2.14. The second-order valence-corrected chi connectivity index (χ2v) is 8.28. The second kappa shape index (κ2) is 7.09. The first-order valence-corrected chi connectivity index (χ1v) is 9.53. The van der Waals surface area contributed by atoms with E-state index in [0.717, 1.165) is 27.0 Å². The Hall–Kier alpha value is -1.63. The van der Waals surface area contributed by atoms with Crippen molar-refractivity contribution < 1.29 is 4.79 Å². The molecule has 0 aliphatic rings. The third kappa shape index (κ3) is 3.41. The standard InChI is InChI=1S/C17H16ClN3OS2/c1-10-8-15(16(22)12(3)24-17-20-19-9-23-17)11(2)21(10)14-6-4-13(18)5-7-14/h4-9,12H,1-3H3. The minimum atomic E-state index is -0.211. The number of aromatic nitrogens is 3. The summed E-state index contributed by atoms with van der Waals surface area (Å²) in [6, 6.07) is 9.56.